The van der Waals surface area contributed by atoms with E-state index in [9.17, 15) is 9.59 Å². The molecule has 0 bridgehead atoms. The smallest absolute Gasteiger partial charge is 0.326 e. The molecule has 1 aromatic heterocycles. The summed E-state index contributed by atoms with van der Waals surface area (Å²) >= 11 is 3.00. The fourth-order valence-corrected chi connectivity index (χ4v) is 2.62. The molecule has 1 aromatic rings. The highest BCUT2D eigenvalue weighted by atomic mass is 32.2. The molecule has 2 N–H and O–H groups in total. The number of hydrogen-bond donors (Lipinski definition) is 2. The first kappa shape index (κ1) is 14.1. The second-order valence-electron chi connectivity index (χ2n) is 3.61. The topological polar surface area (TPSA) is 66.4 Å². The minimum absolute atomic E-state index is 0.308. The average molecular weight is 273 g/mol. The molecule has 0 aromatic carbocycles. The van der Waals surface area contributed by atoms with Gasteiger partial charge in [0.25, 0.3) is 5.91 Å². The van der Waals surface area contributed by atoms with E-state index in [1.54, 1.807) is 17.1 Å². The summed E-state index contributed by atoms with van der Waals surface area (Å²) in [4.78, 5) is 22.8. The Morgan fingerprint density at radius 1 is 1.53 bits per heavy atom. The molecule has 0 aliphatic carbocycles. The summed E-state index contributed by atoms with van der Waals surface area (Å²) in [7, 11) is 0. The van der Waals surface area contributed by atoms with Gasteiger partial charge < -0.3 is 10.4 Å². The fraction of sp³-hybridized carbons (Fsp3) is 0.455. The molecule has 0 aliphatic rings. The van der Waals surface area contributed by atoms with Crippen molar-refractivity contribution in [1.29, 1.82) is 0 Å². The number of carboxylic acids is 1. The van der Waals surface area contributed by atoms with Gasteiger partial charge in [-0.15, -0.1) is 0 Å². The van der Waals surface area contributed by atoms with Gasteiger partial charge in [-0.05, 0) is 36.3 Å². The van der Waals surface area contributed by atoms with Crippen LogP contribution in [0, 0.1) is 6.92 Å². The number of carbonyl (C=O) groups is 2. The Morgan fingerprint density at radius 2 is 2.24 bits per heavy atom. The third-order valence-electron chi connectivity index (χ3n) is 2.31. The molecule has 1 unspecified atom stereocenters. The summed E-state index contributed by atoms with van der Waals surface area (Å²) in [5.74, 6) is -0.586. The third kappa shape index (κ3) is 4.05. The summed E-state index contributed by atoms with van der Waals surface area (Å²) in [6, 6.07) is -0.811. The quantitative estimate of drug-likeness (QED) is 0.832. The molecule has 0 spiro atoms. The van der Waals surface area contributed by atoms with Crippen molar-refractivity contribution in [1.82, 2.24) is 5.32 Å². The molecule has 1 heterocycles. The van der Waals surface area contributed by atoms with Crippen LogP contribution in [-0.2, 0) is 4.79 Å². The van der Waals surface area contributed by atoms with E-state index in [4.69, 9.17) is 5.11 Å². The van der Waals surface area contributed by atoms with Crippen LogP contribution in [0.1, 0.15) is 22.3 Å². The van der Waals surface area contributed by atoms with Crippen LogP contribution in [-0.4, -0.2) is 35.0 Å². The number of thioether (sulfide) groups is 1. The highest BCUT2D eigenvalue weighted by molar-refractivity contribution is 7.98. The van der Waals surface area contributed by atoms with Crippen LogP contribution in [0.2, 0.25) is 0 Å². The number of rotatable bonds is 6. The van der Waals surface area contributed by atoms with Gasteiger partial charge in [-0.3, -0.25) is 4.79 Å². The number of aliphatic carboxylic acids is 1. The maximum atomic E-state index is 11.8. The highest BCUT2D eigenvalue weighted by Gasteiger charge is 2.21. The number of carbonyl (C=O) groups excluding carboxylic acids is 1. The van der Waals surface area contributed by atoms with Gasteiger partial charge in [0.05, 0.1) is 5.56 Å². The zero-order valence-electron chi connectivity index (χ0n) is 9.73. The van der Waals surface area contributed by atoms with Crippen molar-refractivity contribution in [2.45, 2.75) is 19.4 Å². The van der Waals surface area contributed by atoms with Crippen molar-refractivity contribution in [3.8, 4) is 0 Å². The first-order valence-electron chi connectivity index (χ1n) is 5.11. The summed E-state index contributed by atoms with van der Waals surface area (Å²) in [6.07, 6.45) is 2.34. The minimum Gasteiger partial charge on any atom is -0.480 e. The zero-order valence-corrected chi connectivity index (χ0v) is 11.4. The number of carboxylic acid groups (broad SMARTS) is 1. The fourth-order valence-electron chi connectivity index (χ4n) is 1.32. The Balaban J connectivity index is 2.64. The standard InChI is InChI=1S/C11H15NO3S2/c1-7-5-17-6-8(7)10(13)12-9(11(14)15)3-4-16-2/h5-6,9H,3-4H2,1-2H3,(H,12,13)(H,14,15). The predicted molar refractivity (Wildman–Crippen MR) is 70.9 cm³/mol. The molecule has 17 heavy (non-hydrogen) atoms. The molecular weight excluding hydrogens is 258 g/mol. The maximum absolute atomic E-state index is 11.8. The van der Waals surface area contributed by atoms with Gasteiger partial charge in [-0.2, -0.15) is 23.1 Å². The van der Waals surface area contributed by atoms with E-state index in [1.165, 1.54) is 11.3 Å². The lowest BCUT2D eigenvalue weighted by atomic mass is 10.1. The molecular formula is C11H15NO3S2. The molecule has 0 saturated heterocycles. The molecule has 0 saturated carbocycles. The Labute approximate surface area is 108 Å². The van der Waals surface area contributed by atoms with E-state index >= 15 is 0 Å². The van der Waals surface area contributed by atoms with Gasteiger partial charge in [-0.1, -0.05) is 0 Å². The molecule has 1 amide bonds. The summed E-state index contributed by atoms with van der Waals surface area (Å²) in [6.45, 7) is 1.84. The van der Waals surface area contributed by atoms with Crippen molar-refractivity contribution in [3.63, 3.8) is 0 Å². The van der Waals surface area contributed by atoms with Crippen LogP contribution in [0.25, 0.3) is 0 Å². The van der Waals surface area contributed by atoms with Crippen molar-refractivity contribution in [2.24, 2.45) is 0 Å². The van der Waals surface area contributed by atoms with E-state index < -0.39 is 12.0 Å². The molecule has 0 radical (unpaired) electrons. The number of nitrogens with one attached hydrogen (secondary N) is 1. The maximum Gasteiger partial charge on any atom is 0.326 e. The lowest BCUT2D eigenvalue weighted by Gasteiger charge is -2.13. The van der Waals surface area contributed by atoms with Crippen LogP contribution >= 0.6 is 23.1 Å². The predicted octanol–water partition coefficient (Wildman–Crippen LogP) is 1.99. The average Bonchev–Trinajstić information content (AvgIpc) is 2.70. The third-order valence-corrected chi connectivity index (χ3v) is 3.82. The number of thiophene rings is 1. The molecule has 0 aliphatic heterocycles. The van der Waals surface area contributed by atoms with Crippen molar-refractivity contribution >= 4 is 35.0 Å². The van der Waals surface area contributed by atoms with Crippen molar-refractivity contribution < 1.29 is 14.7 Å². The zero-order chi connectivity index (χ0) is 12.8. The van der Waals surface area contributed by atoms with Gasteiger partial charge in [0.2, 0.25) is 0 Å². The first-order valence-corrected chi connectivity index (χ1v) is 7.45. The Kier molecular flexibility index (Phi) is 5.50. The SMILES string of the molecule is CSCCC(NC(=O)c1cscc1C)C(=O)O. The number of amides is 1. The van der Waals surface area contributed by atoms with Crippen molar-refractivity contribution in [2.75, 3.05) is 12.0 Å². The second-order valence-corrected chi connectivity index (χ2v) is 5.34. The van der Waals surface area contributed by atoms with Gasteiger partial charge >= 0.3 is 5.97 Å². The van der Waals surface area contributed by atoms with Gasteiger partial charge in [0, 0.05) is 5.38 Å². The van der Waals surface area contributed by atoms with Crippen LogP contribution < -0.4 is 5.32 Å². The molecule has 6 heteroatoms. The lowest BCUT2D eigenvalue weighted by molar-refractivity contribution is -0.139. The normalized spacial score (nSPS) is 12.1. The molecule has 94 valence electrons. The monoisotopic (exact) mass is 273 g/mol. The summed E-state index contributed by atoms with van der Waals surface area (Å²) in [5, 5.41) is 15.1. The van der Waals surface area contributed by atoms with E-state index in [0.717, 1.165) is 5.56 Å². The Hall–Kier alpha value is -1.01. The van der Waals surface area contributed by atoms with Crippen LogP contribution in [0.3, 0.4) is 0 Å². The molecule has 0 fully saturated rings. The largest absolute Gasteiger partial charge is 0.480 e. The number of hydrogen-bond acceptors (Lipinski definition) is 4. The summed E-state index contributed by atoms with van der Waals surface area (Å²) in [5.41, 5.74) is 1.44. The van der Waals surface area contributed by atoms with Crippen LogP contribution in [0.4, 0.5) is 0 Å². The first-order chi connectivity index (χ1) is 8.06. The van der Waals surface area contributed by atoms with Crippen LogP contribution in [0.5, 0.6) is 0 Å². The highest BCUT2D eigenvalue weighted by Crippen LogP contribution is 2.14. The van der Waals surface area contributed by atoms with E-state index in [2.05, 4.69) is 5.32 Å². The summed E-state index contributed by atoms with van der Waals surface area (Å²) < 4.78 is 0. The lowest BCUT2D eigenvalue weighted by Crippen LogP contribution is -2.41. The molecule has 1 atom stereocenters. The second kappa shape index (κ2) is 6.66. The van der Waals surface area contributed by atoms with Gasteiger partial charge in [0.1, 0.15) is 6.04 Å². The van der Waals surface area contributed by atoms with E-state index in [0.29, 0.717) is 17.7 Å². The van der Waals surface area contributed by atoms with E-state index in [1.807, 2.05) is 18.6 Å². The Bertz CT molecular complexity index is 403. The number of aryl methyl sites for hydroxylation is 1. The Morgan fingerprint density at radius 3 is 2.71 bits per heavy atom. The van der Waals surface area contributed by atoms with Gasteiger partial charge in [-0.25, -0.2) is 4.79 Å². The molecule has 1 rings (SSSR count). The van der Waals surface area contributed by atoms with Crippen LogP contribution in [0.15, 0.2) is 10.8 Å². The van der Waals surface area contributed by atoms with Crippen molar-refractivity contribution in [3.05, 3.63) is 21.9 Å². The van der Waals surface area contributed by atoms with E-state index in [-0.39, 0.29) is 5.91 Å². The molecule has 4 nitrogen and oxygen atoms in total. The minimum atomic E-state index is -0.986. The van der Waals surface area contributed by atoms with Gasteiger partial charge in [0.15, 0.2) is 0 Å².